The largest absolute Gasteiger partial charge is 0.480 e. The standard InChI is InChI=1S/C19H35NO3/c1-2-3-4-5-6-7-8-9-10-11-12-13-14-15-18-20-17(16-23-18)19(21)22/h17H,2-16H2,1H3,(H,21,22). The molecule has 0 saturated carbocycles. The summed E-state index contributed by atoms with van der Waals surface area (Å²) >= 11 is 0. The molecule has 0 fully saturated rings. The highest BCUT2D eigenvalue weighted by atomic mass is 16.5. The summed E-state index contributed by atoms with van der Waals surface area (Å²) in [5, 5.41) is 8.83. The zero-order valence-corrected chi connectivity index (χ0v) is 14.9. The minimum atomic E-state index is -0.884. The number of carboxylic acid groups (broad SMARTS) is 1. The van der Waals surface area contributed by atoms with Gasteiger partial charge in [-0.05, 0) is 6.42 Å². The van der Waals surface area contributed by atoms with E-state index in [4.69, 9.17) is 9.84 Å². The van der Waals surface area contributed by atoms with Crippen LogP contribution in [0.5, 0.6) is 0 Å². The lowest BCUT2D eigenvalue weighted by atomic mass is 10.0. The van der Waals surface area contributed by atoms with E-state index in [0.717, 1.165) is 12.8 Å². The molecular formula is C19H35NO3. The molecule has 23 heavy (non-hydrogen) atoms. The summed E-state index contributed by atoms with van der Waals surface area (Å²) in [6.45, 7) is 2.48. The summed E-state index contributed by atoms with van der Waals surface area (Å²) in [7, 11) is 0. The van der Waals surface area contributed by atoms with Gasteiger partial charge in [-0.2, -0.15) is 0 Å². The average Bonchev–Trinajstić information content (AvgIpc) is 3.01. The van der Waals surface area contributed by atoms with Gasteiger partial charge in [0.15, 0.2) is 11.9 Å². The SMILES string of the molecule is CCCCCCCCCCCCCCCC1=NC(C(=O)O)CO1. The second-order valence-electron chi connectivity index (χ2n) is 6.68. The number of hydrogen-bond acceptors (Lipinski definition) is 3. The van der Waals surface area contributed by atoms with Gasteiger partial charge in [0.05, 0.1) is 0 Å². The third-order valence-electron chi connectivity index (χ3n) is 4.49. The zero-order valence-electron chi connectivity index (χ0n) is 14.9. The molecule has 0 aliphatic carbocycles. The Morgan fingerprint density at radius 1 is 0.957 bits per heavy atom. The van der Waals surface area contributed by atoms with E-state index in [0.29, 0.717) is 5.90 Å². The molecule has 1 N–H and O–H groups in total. The van der Waals surface area contributed by atoms with Gasteiger partial charge in [-0.1, -0.05) is 84.0 Å². The van der Waals surface area contributed by atoms with Crippen molar-refractivity contribution in [3.8, 4) is 0 Å². The number of aliphatic imine (C=N–C) groups is 1. The number of aliphatic carboxylic acids is 1. The monoisotopic (exact) mass is 325 g/mol. The number of rotatable bonds is 15. The first kappa shape index (κ1) is 20.0. The van der Waals surface area contributed by atoms with Crippen LogP contribution in [0.4, 0.5) is 0 Å². The fourth-order valence-corrected chi connectivity index (χ4v) is 2.98. The smallest absolute Gasteiger partial charge is 0.332 e. The summed E-state index contributed by atoms with van der Waals surface area (Å²) in [5.74, 6) is -0.245. The number of ether oxygens (including phenoxy) is 1. The van der Waals surface area contributed by atoms with Crippen LogP contribution < -0.4 is 0 Å². The molecule has 1 heterocycles. The number of carboxylic acids is 1. The highest BCUT2D eigenvalue weighted by Gasteiger charge is 2.24. The Balaban J connectivity index is 1.80. The van der Waals surface area contributed by atoms with Gasteiger partial charge < -0.3 is 9.84 Å². The van der Waals surface area contributed by atoms with Crippen LogP contribution in [0.25, 0.3) is 0 Å². The zero-order chi connectivity index (χ0) is 16.8. The molecule has 0 aromatic rings. The summed E-state index contributed by atoms with van der Waals surface area (Å²) in [5.41, 5.74) is 0. The van der Waals surface area contributed by atoms with Crippen LogP contribution in [0.15, 0.2) is 4.99 Å². The van der Waals surface area contributed by atoms with Gasteiger partial charge in [0.2, 0.25) is 0 Å². The second-order valence-corrected chi connectivity index (χ2v) is 6.68. The Morgan fingerprint density at radius 3 is 1.87 bits per heavy atom. The van der Waals surface area contributed by atoms with Crippen LogP contribution in [-0.2, 0) is 9.53 Å². The second kappa shape index (κ2) is 13.4. The molecule has 0 saturated heterocycles. The Kier molecular flexibility index (Phi) is 11.6. The minimum absolute atomic E-state index is 0.211. The maximum Gasteiger partial charge on any atom is 0.332 e. The third kappa shape index (κ3) is 10.4. The van der Waals surface area contributed by atoms with Crippen LogP contribution in [0.1, 0.15) is 96.8 Å². The van der Waals surface area contributed by atoms with Gasteiger partial charge in [0, 0.05) is 6.42 Å². The summed E-state index contributed by atoms with van der Waals surface area (Å²) in [4.78, 5) is 14.8. The van der Waals surface area contributed by atoms with E-state index in [-0.39, 0.29) is 6.61 Å². The Morgan fingerprint density at radius 2 is 1.43 bits per heavy atom. The first-order valence-electron chi connectivity index (χ1n) is 9.66. The van der Waals surface area contributed by atoms with E-state index in [9.17, 15) is 4.79 Å². The number of hydrogen-bond donors (Lipinski definition) is 1. The average molecular weight is 325 g/mol. The molecule has 0 bridgehead atoms. The van der Waals surface area contributed by atoms with E-state index >= 15 is 0 Å². The van der Waals surface area contributed by atoms with Crippen molar-refractivity contribution >= 4 is 11.9 Å². The molecule has 1 atom stereocenters. The van der Waals surface area contributed by atoms with Crippen molar-refractivity contribution in [1.29, 1.82) is 0 Å². The Labute approximate surface area is 141 Å². The van der Waals surface area contributed by atoms with Gasteiger partial charge in [0.25, 0.3) is 0 Å². The lowest BCUT2D eigenvalue weighted by Gasteiger charge is -2.03. The molecule has 1 rings (SSSR count). The van der Waals surface area contributed by atoms with E-state index in [2.05, 4.69) is 11.9 Å². The van der Waals surface area contributed by atoms with Gasteiger partial charge in [-0.3, -0.25) is 0 Å². The van der Waals surface area contributed by atoms with Crippen LogP contribution in [0, 0.1) is 0 Å². The van der Waals surface area contributed by atoms with Gasteiger partial charge >= 0.3 is 5.97 Å². The molecule has 0 spiro atoms. The van der Waals surface area contributed by atoms with E-state index in [1.807, 2.05) is 0 Å². The Bertz CT molecular complexity index is 342. The number of carbonyl (C=O) groups is 1. The van der Waals surface area contributed by atoms with Crippen molar-refractivity contribution in [3.63, 3.8) is 0 Å². The molecular weight excluding hydrogens is 290 g/mol. The molecule has 0 radical (unpaired) electrons. The van der Waals surface area contributed by atoms with Crippen molar-refractivity contribution < 1.29 is 14.6 Å². The fraction of sp³-hybridized carbons (Fsp3) is 0.895. The lowest BCUT2D eigenvalue weighted by molar-refractivity contribution is -0.138. The fourth-order valence-electron chi connectivity index (χ4n) is 2.98. The van der Waals surface area contributed by atoms with Crippen LogP contribution in [0.3, 0.4) is 0 Å². The topological polar surface area (TPSA) is 58.9 Å². The minimum Gasteiger partial charge on any atom is -0.480 e. The molecule has 1 unspecified atom stereocenters. The van der Waals surface area contributed by atoms with Crippen molar-refractivity contribution in [3.05, 3.63) is 0 Å². The predicted octanol–water partition coefficient (Wildman–Crippen LogP) is 5.35. The molecule has 4 nitrogen and oxygen atoms in total. The highest BCUT2D eigenvalue weighted by molar-refractivity contribution is 5.84. The van der Waals surface area contributed by atoms with Gasteiger partial charge in [-0.15, -0.1) is 0 Å². The predicted molar refractivity (Wildman–Crippen MR) is 95.1 cm³/mol. The number of nitrogens with zero attached hydrogens (tertiary/aromatic N) is 1. The van der Waals surface area contributed by atoms with Crippen molar-refractivity contribution in [2.24, 2.45) is 4.99 Å². The van der Waals surface area contributed by atoms with Crippen LogP contribution in [-0.4, -0.2) is 29.6 Å². The number of unbranched alkanes of at least 4 members (excludes halogenated alkanes) is 12. The maximum atomic E-state index is 10.7. The van der Waals surface area contributed by atoms with Crippen LogP contribution >= 0.6 is 0 Å². The van der Waals surface area contributed by atoms with Gasteiger partial charge in [0.1, 0.15) is 6.61 Å². The third-order valence-corrected chi connectivity index (χ3v) is 4.49. The summed E-state index contributed by atoms with van der Waals surface area (Å²) in [6.07, 6.45) is 18.2. The molecule has 0 amide bonds. The highest BCUT2D eigenvalue weighted by Crippen LogP contribution is 2.14. The molecule has 4 heteroatoms. The van der Waals surface area contributed by atoms with Crippen molar-refractivity contribution in [1.82, 2.24) is 0 Å². The quantitative estimate of drug-likeness (QED) is 0.413. The van der Waals surface area contributed by atoms with Crippen molar-refractivity contribution in [2.75, 3.05) is 6.61 Å². The van der Waals surface area contributed by atoms with Gasteiger partial charge in [-0.25, -0.2) is 9.79 Å². The molecule has 134 valence electrons. The molecule has 1 aliphatic rings. The summed E-state index contributed by atoms with van der Waals surface area (Å²) < 4.78 is 5.30. The van der Waals surface area contributed by atoms with E-state index in [1.165, 1.54) is 77.0 Å². The first-order chi connectivity index (χ1) is 11.2. The molecule has 0 aromatic carbocycles. The normalized spacial score (nSPS) is 17.1. The van der Waals surface area contributed by atoms with E-state index in [1.54, 1.807) is 0 Å². The first-order valence-corrected chi connectivity index (χ1v) is 9.66. The lowest BCUT2D eigenvalue weighted by Crippen LogP contribution is -2.18. The van der Waals surface area contributed by atoms with Crippen LogP contribution in [0.2, 0.25) is 0 Å². The summed E-state index contributed by atoms with van der Waals surface area (Å²) in [6, 6.07) is -0.674. The Hall–Kier alpha value is -1.06. The maximum absolute atomic E-state index is 10.7. The molecule has 1 aliphatic heterocycles. The molecule has 0 aromatic heterocycles. The van der Waals surface area contributed by atoms with Crippen molar-refractivity contribution in [2.45, 2.75) is 103 Å². The van der Waals surface area contributed by atoms with E-state index < -0.39 is 12.0 Å².